The fourth-order valence-electron chi connectivity index (χ4n) is 2.70. The summed E-state index contributed by atoms with van der Waals surface area (Å²) in [5.74, 6) is 2.55. The lowest BCUT2D eigenvalue weighted by atomic mass is 10.1. The molecule has 1 aromatic heterocycles. The molecule has 0 aliphatic rings. The molecule has 0 saturated carbocycles. The molecular weight excluding hydrogens is 336 g/mol. The van der Waals surface area contributed by atoms with Gasteiger partial charge in [0.25, 0.3) is 0 Å². The molecule has 4 nitrogen and oxygen atoms in total. The van der Waals surface area contributed by atoms with Crippen molar-refractivity contribution in [3.63, 3.8) is 0 Å². The van der Waals surface area contributed by atoms with Gasteiger partial charge >= 0.3 is 0 Å². The Balaban J connectivity index is 1.47. The Morgan fingerprint density at radius 2 is 1.44 bits per heavy atom. The molecule has 4 rings (SSSR count). The number of anilines is 2. The number of phenols is 1. The fourth-order valence-corrected chi connectivity index (χ4v) is 2.70. The maximum absolute atomic E-state index is 9.39. The summed E-state index contributed by atoms with van der Waals surface area (Å²) in [6, 6.07) is 28.4. The molecular formula is C23H18N2O2. The number of hydrogen-bond donors (Lipinski definition) is 2. The van der Waals surface area contributed by atoms with Gasteiger partial charge in [-0.25, -0.2) is 4.98 Å². The predicted octanol–water partition coefficient (Wildman–Crippen LogP) is 5.99. The minimum absolute atomic E-state index is 0.252. The molecule has 2 N–H and O–H groups in total. The topological polar surface area (TPSA) is 54.4 Å². The Morgan fingerprint density at radius 1 is 0.704 bits per heavy atom. The number of hydrogen-bond acceptors (Lipinski definition) is 4. The molecule has 0 bridgehead atoms. The molecule has 0 spiro atoms. The first kappa shape index (κ1) is 16.7. The van der Waals surface area contributed by atoms with E-state index >= 15 is 0 Å². The van der Waals surface area contributed by atoms with E-state index in [1.807, 2.05) is 78.9 Å². The van der Waals surface area contributed by atoms with Crippen LogP contribution in [-0.4, -0.2) is 10.1 Å². The van der Waals surface area contributed by atoms with Crippen molar-refractivity contribution in [2.45, 2.75) is 0 Å². The van der Waals surface area contributed by atoms with Crippen LogP contribution >= 0.6 is 0 Å². The van der Waals surface area contributed by atoms with Gasteiger partial charge in [-0.2, -0.15) is 0 Å². The maximum atomic E-state index is 9.39. The minimum atomic E-state index is 0.252. The van der Waals surface area contributed by atoms with Crippen LogP contribution in [0.2, 0.25) is 0 Å². The normalized spacial score (nSPS) is 10.4. The lowest BCUT2D eigenvalue weighted by Crippen LogP contribution is -1.94. The van der Waals surface area contributed by atoms with Gasteiger partial charge in [-0.15, -0.1) is 0 Å². The van der Waals surface area contributed by atoms with Crippen molar-refractivity contribution in [3.05, 3.63) is 97.2 Å². The smallest absolute Gasteiger partial charge is 0.130 e. The third-order valence-electron chi connectivity index (χ3n) is 4.05. The van der Waals surface area contributed by atoms with Crippen LogP contribution in [0.25, 0.3) is 11.1 Å². The number of para-hydroxylation sites is 1. The largest absolute Gasteiger partial charge is 0.508 e. The summed E-state index contributed by atoms with van der Waals surface area (Å²) in [5.41, 5.74) is 2.89. The molecule has 0 unspecified atom stereocenters. The second-order valence-electron chi connectivity index (χ2n) is 6.05. The number of phenolic OH excluding ortho intramolecular Hbond substituents is 1. The molecule has 0 saturated heterocycles. The average molecular weight is 354 g/mol. The zero-order chi connectivity index (χ0) is 18.5. The number of benzene rings is 3. The van der Waals surface area contributed by atoms with Crippen LogP contribution in [0.4, 0.5) is 11.5 Å². The summed E-state index contributed by atoms with van der Waals surface area (Å²) >= 11 is 0. The Labute approximate surface area is 157 Å². The van der Waals surface area contributed by atoms with Crippen molar-refractivity contribution in [2.24, 2.45) is 0 Å². The second-order valence-corrected chi connectivity index (χ2v) is 6.05. The summed E-state index contributed by atoms with van der Waals surface area (Å²) in [4.78, 5) is 4.47. The van der Waals surface area contributed by atoms with Gasteiger partial charge in [0, 0.05) is 23.5 Å². The summed E-state index contributed by atoms with van der Waals surface area (Å²) in [6.45, 7) is 0. The SMILES string of the molecule is Oc1ccc(-c2ccc(Nc3cccc(Oc4ccccc4)c3)nc2)cc1. The van der Waals surface area contributed by atoms with Crippen LogP contribution < -0.4 is 10.1 Å². The van der Waals surface area contributed by atoms with Gasteiger partial charge in [-0.05, 0) is 54.1 Å². The van der Waals surface area contributed by atoms with Crippen LogP contribution in [0.1, 0.15) is 0 Å². The maximum Gasteiger partial charge on any atom is 0.130 e. The molecule has 0 fully saturated rings. The minimum Gasteiger partial charge on any atom is -0.508 e. The van der Waals surface area contributed by atoms with Crippen LogP contribution in [0.5, 0.6) is 17.2 Å². The van der Waals surface area contributed by atoms with E-state index < -0.39 is 0 Å². The number of ether oxygens (including phenoxy) is 1. The van der Waals surface area contributed by atoms with E-state index in [9.17, 15) is 5.11 Å². The molecule has 132 valence electrons. The number of pyridine rings is 1. The van der Waals surface area contributed by atoms with Gasteiger partial charge in [0.1, 0.15) is 23.1 Å². The molecule has 0 amide bonds. The van der Waals surface area contributed by atoms with Gasteiger partial charge < -0.3 is 15.2 Å². The van der Waals surface area contributed by atoms with Gasteiger partial charge in [0.15, 0.2) is 0 Å². The van der Waals surface area contributed by atoms with Crippen molar-refractivity contribution in [2.75, 3.05) is 5.32 Å². The van der Waals surface area contributed by atoms with E-state index in [0.717, 1.165) is 34.1 Å². The van der Waals surface area contributed by atoms with E-state index in [0.29, 0.717) is 0 Å². The summed E-state index contributed by atoms with van der Waals surface area (Å²) < 4.78 is 5.86. The first-order chi connectivity index (χ1) is 13.3. The van der Waals surface area contributed by atoms with E-state index in [-0.39, 0.29) is 5.75 Å². The van der Waals surface area contributed by atoms with Crippen molar-refractivity contribution < 1.29 is 9.84 Å². The standard InChI is InChI=1S/C23H18N2O2/c26-20-12-9-17(10-13-20)18-11-14-23(24-16-18)25-19-5-4-8-22(15-19)27-21-6-2-1-3-7-21/h1-16,26H,(H,24,25). The highest BCUT2D eigenvalue weighted by Crippen LogP contribution is 2.26. The monoisotopic (exact) mass is 354 g/mol. The number of aromatic hydroxyl groups is 1. The van der Waals surface area contributed by atoms with Gasteiger partial charge in [-0.3, -0.25) is 0 Å². The van der Waals surface area contributed by atoms with Crippen LogP contribution in [0.15, 0.2) is 97.2 Å². The van der Waals surface area contributed by atoms with E-state index in [2.05, 4.69) is 10.3 Å². The summed E-state index contributed by atoms with van der Waals surface area (Å²) in [5, 5.41) is 12.7. The highest BCUT2D eigenvalue weighted by Gasteiger charge is 2.02. The first-order valence-electron chi connectivity index (χ1n) is 8.62. The molecule has 3 aromatic carbocycles. The van der Waals surface area contributed by atoms with Crippen LogP contribution in [-0.2, 0) is 0 Å². The van der Waals surface area contributed by atoms with Crippen LogP contribution in [0.3, 0.4) is 0 Å². The summed E-state index contributed by atoms with van der Waals surface area (Å²) in [7, 11) is 0. The Hall–Kier alpha value is -3.79. The highest BCUT2D eigenvalue weighted by molar-refractivity contribution is 5.66. The zero-order valence-corrected chi connectivity index (χ0v) is 14.5. The van der Waals surface area contributed by atoms with Crippen molar-refractivity contribution in [1.29, 1.82) is 0 Å². The highest BCUT2D eigenvalue weighted by atomic mass is 16.5. The lowest BCUT2D eigenvalue weighted by Gasteiger charge is -2.10. The summed E-state index contributed by atoms with van der Waals surface area (Å²) in [6.07, 6.45) is 1.80. The van der Waals surface area contributed by atoms with Gasteiger partial charge in [-0.1, -0.05) is 36.4 Å². The number of nitrogens with zero attached hydrogens (tertiary/aromatic N) is 1. The van der Waals surface area contributed by atoms with Crippen molar-refractivity contribution >= 4 is 11.5 Å². The van der Waals surface area contributed by atoms with E-state index in [4.69, 9.17) is 4.74 Å². The Kier molecular flexibility index (Phi) is 4.70. The first-order valence-corrected chi connectivity index (χ1v) is 8.62. The molecule has 0 radical (unpaired) electrons. The Morgan fingerprint density at radius 3 is 2.19 bits per heavy atom. The third kappa shape index (κ3) is 4.25. The third-order valence-corrected chi connectivity index (χ3v) is 4.05. The Bertz CT molecular complexity index is 1010. The predicted molar refractivity (Wildman–Crippen MR) is 108 cm³/mol. The second kappa shape index (κ2) is 7.62. The van der Waals surface area contributed by atoms with Gasteiger partial charge in [0.2, 0.25) is 0 Å². The van der Waals surface area contributed by atoms with Crippen LogP contribution in [0, 0.1) is 0 Å². The average Bonchev–Trinajstić information content (AvgIpc) is 2.70. The molecule has 0 aliphatic carbocycles. The molecule has 1 heterocycles. The van der Waals surface area contributed by atoms with Crippen molar-refractivity contribution in [1.82, 2.24) is 4.98 Å². The molecule has 0 aliphatic heterocycles. The zero-order valence-electron chi connectivity index (χ0n) is 14.5. The number of aromatic nitrogens is 1. The van der Waals surface area contributed by atoms with Gasteiger partial charge in [0.05, 0.1) is 0 Å². The fraction of sp³-hybridized carbons (Fsp3) is 0. The van der Waals surface area contributed by atoms with E-state index in [1.165, 1.54) is 0 Å². The van der Waals surface area contributed by atoms with E-state index in [1.54, 1.807) is 18.3 Å². The molecule has 0 atom stereocenters. The molecule has 4 heteroatoms. The quantitative estimate of drug-likeness (QED) is 0.462. The lowest BCUT2D eigenvalue weighted by molar-refractivity contribution is 0.475. The van der Waals surface area contributed by atoms with Crippen molar-refractivity contribution in [3.8, 4) is 28.4 Å². The number of rotatable bonds is 5. The molecule has 4 aromatic rings. The number of nitrogens with one attached hydrogen (secondary N) is 1. The molecule has 27 heavy (non-hydrogen) atoms.